The molecule has 0 fully saturated rings. The highest BCUT2D eigenvalue weighted by molar-refractivity contribution is 14.2. The molecule has 0 aliphatic rings. The Balaban J connectivity index is 2.82. The number of nitrogens with one attached hydrogen (secondary N) is 1. The van der Waals surface area contributed by atoms with Crippen LogP contribution in [0.4, 0.5) is 0 Å². The van der Waals surface area contributed by atoms with E-state index in [0.717, 1.165) is 11.1 Å². The molecule has 0 heterocycles. The molecule has 9 heavy (non-hydrogen) atoms. The van der Waals surface area contributed by atoms with Crippen LogP contribution in [-0.2, 0) is 0 Å². The van der Waals surface area contributed by atoms with Gasteiger partial charge in [0.15, 0.2) is 0 Å². The molecule has 1 nitrogen and oxygen atoms in total. The fourth-order valence-corrected chi connectivity index (χ4v) is 1.38. The first kappa shape index (κ1) is 9.34. The Morgan fingerprint density at radius 1 is 1.67 bits per heavy atom. The zero-order chi connectivity index (χ0) is 6.95. The predicted octanol–water partition coefficient (Wildman–Crippen LogP) is 1.89. The van der Waals surface area contributed by atoms with Crippen LogP contribution in [0.2, 0.25) is 0 Å². The molecule has 0 unspecified atom stereocenters. The molecule has 0 bridgehead atoms. The molecule has 0 saturated heterocycles. The fourth-order valence-electron chi connectivity index (χ4n) is 0.463. The maximum absolute atomic E-state index is 3.56. The van der Waals surface area contributed by atoms with Crippen molar-refractivity contribution in [1.82, 2.24) is 5.32 Å². The van der Waals surface area contributed by atoms with Crippen molar-refractivity contribution in [2.75, 3.05) is 11.1 Å². The van der Waals surface area contributed by atoms with E-state index in [1.165, 1.54) is 12.8 Å². The lowest BCUT2D eigenvalue weighted by atomic mass is 10.3. The SMILES string of the molecule is C=C=ICNCCCC. The second-order valence-corrected chi connectivity index (χ2v) is 4.04. The zero-order valence-corrected chi connectivity index (χ0v) is 8.07. The topological polar surface area (TPSA) is 12.0 Å². The van der Waals surface area contributed by atoms with Gasteiger partial charge < -0.3 is 5.32 Å². The van der Waals surface area contributed by atoms with Crippen molar-refractivity contribution >= 4 is 24.4 Å². The first-order valence-electron chi connectivity index (χ1n) is 3.22. The van der Waals surface area contributed by atoms with E-state index in [1.54, 1.807) is 0 Å². The maximum atomic E-state index is 3.56. The van der Waals surface area contributed by atoms with Gasteiger partial charge in [0, 0.05) is 0 Å². The van der Waals surface area contributed by atoms with Gasteiger partial charge in [-0.15, -0.1) is 0 Å². The van der Waals surface area contributed by atoms with Gasteiger partial charge in [-0.3, -0.25) is 0 Å². The highest BCUT2D eigenvalue weighted by atomic mass is 127. The highest BCUT2D eigenvalue weighted by Crippen LogP contribution is 1.88. The van der Waals surface area contributed by atoms with Gasteiger partial charge in [-0.25, -0.2) is 0 Å². The number of rotatable bonds is 5. The average molecular weight is 239 g/mol. The van der Waals surface area contributed by atoms with Gasteiger partial charge in [0.25, 0.3) is 0 Å². The van der Waals surface area contributed by atoms with E-state index in [1.807, 2.05) is 0 Å². The summed E-state index contributed by atoms with van der Waals surface area (Å²) in [7, 11) is 0. The summed E-state index contributed by atoms with van der Waals surface area (Å²) in [6, 6.07) is 0. The van der Waals surface area contributed by atoms with Gasteiger partial charge in [0.1, 0.15) is 0 Å². The fraction of sp³-hybridized carbons (Fsp3) is 0.714. The molecule has 0 aliphatic carbocycles. The Hall–Kier alpha value is 0.340. The first-order chi connectivity index (χ1) is 4.41. The van der Waals surface area contributed by atoms with Gasteiger partial charge in [-0.2, -0.15) is 0 Å². The molecular formula is C7H14IN. The van der Waals surface area contributed by atoms with Crippen molar-refractivity contribution < 1.29 is 0 Å². The minimum absolute atomic E-state index is 0.138. The van der Waals surface area contributed by atoms with Crippen LogP contribution in [0.5, 0.6) is 0 Å². The van der Waals surface area contributed by atoms with Crippen LogP contribution in [0.3, 0.4) is 0 Å². The minimum atomic E-state index is 0.138. The highest BCUT2D eigenvalue weighted by Gasteiger charge is 1.79. The summed E-state index contributed by atoms with van der Waals surface area (Å²) in [6.45, 7) is 6.93. The summed E-state index contributed by atoms with van der Waals surface area (Å²) in [5, 5.41) is 3.33. The number of hydrogen-bond donors (Lipinski definition) is 1. The van der Waals surface area contributed by atoms with Gasteiger partial charge in [0.2, 0.25) is 0 Å². The summed E-state index contributed by atoms with van der Waals surface area (Å²) in [5.74, 6) is 0. The third kappa shape index (κ3) is 8.34. The molecule has 0 aromatic heterocycles. The van der Waals surface area contributed by atoms with Crippen molar-refractivity contribution in [1.29, 1.82) is 0 Å². The van der Waals surface area contributed by atoms with E-state index < -0.39 is 0 Å². The van der Waals surface area contributed by atoms with Crippen LogP contribution in [0, 0.1) is 0 Å². The Labute approximate surface area is 67.3 Å². The Morgan fingerprint density at radius 2 is 2.44 bits per heavy atom. The largest absolute Gasteiger partial charge is 0.308 e. The number of unbranched alkanes of at least 4 members (excludes halogenated alkanes) is 1. The molecule has 1 N–H and O–H groups in total. The first-order valence-corrected chi connectivity index (χ1v) is 5.83. The van der Waals surface area contributed by atoms with Crippen molar-refractivity contribution in [3.8, 4) is 0 Å². The van der Waals surface area contributed by atoms with Gasteiger partial charge in [0.05, 0.1) is 4.55 Å². The average Bonchev–Trinajstić information content (AvgIpc) is 1.89. The third-order valence-corrected chi connectivity index (χ3v) is 2.42. The van der Waals surface area contributed by atoms with Crippen molar-refractivity contribution in [3.63, 3.8) is 0 Å². The van der Waals surface area contributed by atoms with E-state index in [2.05, 4.69) is 22.5 Å². The lowest BCUT2D eigenvalue weighted by molar-refractivity contribution is 0.706. The molecular weight excluding hydrogens is 225 g/mol. The quantitative estimate of drug-likeness (QED) is 0.334. The molecule has 0 saturated carbocycles. The summed E-state index contributed by atoms with van der Waals surface area (Å²) in [6.07, 6.45) is 2.57. The summed E-state index contributed by atoms with van der Waals surface area (Å²) >= 11 is 0.138. The molecule has 0 aromatic carbocycles. The normalized spacial score (nSPS) is 9.00. The smallest absolute Gasteiger partial charge is 0.0501 e. The monoisotopic (exact) mass is 239 g/mol. The van der Waals surface area contributed by atoms with E-state index in [4.69, 9.17) is 0 Å². The number of halogens is 1. The van der Waals surface area contributed by atoms with Crippen molar-refractivity contribution in [2.24, 2.45) is 0 Å². The summed E-state index contributed by atoms with van der Waals surface area (Å²) in [4.78, 5) is 0. The molecule has 54 valence electrons. The van der Waals surface area contributed by atoms with Crippen LogP contribution in [0.1, 0.15) is 19.8 Å². The second kappa shape index (κ2) is 8.34. The molecule has 0 radical (unpaired) electrons. The maximum Gasteiger partial charge on any atom is 0.0501 e. The van der Waals surface area contributed by atoms with E-state index in [9.17, 15) is 0 Å². The summed E-state index contributed by atoms with van der Waals surface area (Å²) < 4.78 is 4.08. The Bertz CT molecular complexity index is 95.1. The Kier molecular flexibility index (Phi) is 8.66. The molecule has 0 spiro atoms. The third-order valence-electron chi connectivity index (χ3n) is 0.963. The van der Waals surface area contributed by atoms with E-state index in [0.29, 0.717) is 0 Å². The molecule has 0 aromatic rings. The lowest BCUT2D eigenvalue weighted by Crippen LogP contribution is -2.11. The minimum Gasteiger partial charge on any atom is -0.308 e. The Morgan fingerprint density at radius 3 is 3.00 bits per heavy atom. The van der Waals surface area contributed by atoms with Gasteiger partial charge in [-0.1, -0.05) is 44.3 Å². The van der Waals surface area contributed by atoms with Gasteiger partial charge in [-0.05, 0) is 13.0 Å². The van der Waals surface area contributed by atoms with Crippen LogP contribution >= 0.6 is 20.7 Å². The molecule has 2 heteroatoms. The standard InChI is InChI=1S/C7H14IN/c1-3-5-6-9-7-8-4-2/h9H,2-3,5-7H2,1H3. The van der Waals surface area contributed by atoms with Crippen molar-refractivity contribution in [3.05, 3.63) is 6.58 Å². The number of hydrogen-bond acceptors (Lipinski definition) is 1. The van der Waals surface area contributed by atoms with E-state index >= 15 is 0 Å². The van der Waals surface area contributed by atoms with Crippen LogP contribution in [0.15, 0.2) is 6.58 Å². The molecule has 0 atom stereocenters. The second-order valence-electron chi connectivity index (χ2n) is 1.75. The van der Waals surface area contributed by atoms with Crippen LogP contribution in [0.25, 0.3) is 0 Å². The lowest BCUT2D eigenvalue weighted by Gasteiger charge is -1.95. The van der Waals surface area contributed by atoms with Crippen LogP contribution in [-0.4, -0.2) is 14.8 Å². The molecule has 0 amide bonds. The van der Waals surface area contributed by atoms with Crippen LogP contribution < -0.4 is 5.32 Å². The van der Waals surface area contributed by atoms with Crippen molar-refractivity contribution in [2.45, 2.75) is 19.8 Å². The molecule has 0 aliphatic heterocycles. The molecule has 0 rings (SSSR count). The predicted molar refractivity (Wildman–Crippen MR) is 52.4 cm³/mol. The number of alkyl halides is 1. The van der Waals surface area contributed by atoms with Gasteiger partial charge >= 0.3 is 0 Å². The summed E-state index contributed by atoms with van der Waals surface area (Å²) in [5.41, 5.74) is 0. The van der Waals surface area contributed by atoms with E-state index in [-0.39, 0.29) is 20.7 Å². The zero-order valence-electron chi connectivity index (χ0n) is 5.91.